The number of hydrogen-bond donors (Lipinski definition) is 0. The Bertz CT molecular complexity index is 1080. The molecule has 0 atom stereocenters. The van der Waals surface area contributed by atoms with Gasteiger partial charge in [-0.2, -0.15) is 0 Å². The van der Waals surface area contributed by atoms with Gasteiger partial charge in [-0.25, -0.2) is 0 Å². The van der Waals surface area contributed by atoms with Crippen LogP contribution in [0.15, 0.2) is 72.8 Å². The molecule has 0 radical (unpaired) electrons. The molecule has 1 aliphatic rings. The molecule has 1 heterocycles. The minimum atomic E-state index is -4.92. The van der Waals surface area contributed by atoms with Gasteiger partial charge in [0.05, 0.1) is 0 Å². The molecule has 0 aromatic heterocycles. The first-order chi connectivity index (χ1) is 18.1. The van der Waals surface area contributed by atoms with Crippen LogP contribution in [0.3, 0.4) is 0 Å². The van der Waals surface area contributed by atoms with Crippen LogP contribution in [0.4, 0.5) is 39.5 Å². The zero-order valence-electron chi connectivity index (χ0n) is 19.0. The van der Waals surface area contributed by atoms with Crippen molar-refractivity contribution in [3.05, 3.63) is 72.8 Å². The average Bonchev–Trinajstić information content (AvgIpc) is 2.82. The number of rotatable bonds is 6. The molecule has 0 unspecified atom stereocenters. The summed E-state index contributed by atoms with van der Waals surface area (Å²) in [4.78, 5) is 0. The largest absolute Gasteiger partial charge is 0.573 e. The number of ether oxygens (including phenoxy) is 3. The monoisotopic (exact) mass is 564 g/mol. The predicted molar refractivity (Wildman–Crippen MR) is 119 cm³/mol. The molecular weight excluding hydrogens is 552 g/mol. The standard InChI is InChI=1S/C21H12B3F9O6/c25-19(26,27)34-16-7-1-13(2-8-16)22-37-23(14-3-9-17(10-4-14)35-20(28,29)30)39-24(38-22)15-5-11-18(12-6-15)36-21(31,32)33/h1-12H. The van der Waals surface area contributed by atoms with E-state index in [1.807, 2.05) is 0 Å². The molecule has 0 saturated carbocycles. The van der Waals surface area contributed by atoms with Crippen molar-refractivity contribution in [2.45, 2.75) is 19.1 Å². The molecule has 1 saturated heterocycles. The average molecular weight is 564 g/mol. The van der Waals surface area contributed by atoms with E-state index in [2.05, 4.69) is 14.2 Å². The van der Waals surface area contributed by atoms with Crippen LogP contribution in [0, 0.1) is 0 Å². The molecule has 0 amide bonds. The van der Waals surface area contributed by atoms with Crippen molar-refractivity contribution in [3.63, 3.8) is 0 Å². The van der Waals surface area contributed by atoms with Gasteiger partial charge in [0.15, 0.2) is 0 Å². The second-order valence-corrected chi connectivity index (χ2v) is 7.75. The molecule has 3 aromatic rings. The molecule has 1 fully saturated rings. The van der Waals surface area contributed by atoms with Gasteiger partial charge in [-0.15, -0.1) is 39.5 Å². The Morgan fingerprint density at radius 3 is 0.769 bits per heavy atom. The Kier molecular flexibility index (Phi) is 8.00. The lowest BCUT2D eigenvalue weighted by Crippen LogP contribution is -2.61. The Morgan fingerprint density at radius 2 is 0.590 bits per heavy atom. The van der Waals surface area contributed by atoms with E-state index in [9.17, 15) is 39.5 Å². The minimum absolute atomic E-state index is 0.205. The Labute approximate surface area is 214 Å². The lowest BCUT2D eigenvalue weighted by atomic mass is 9.61. The van der Waals surface area contributed by atoms with Crippen LogP contribution in [-0.4, -0.2) is 40.4 Å². The highest BCUT2D eigenvalue weighted by atomic mass is 19.4. The molecule has 3 aromatic carbocycles. The molecule has 4 rings (SSSR count). The van der Waals surface area contributed by atoms with E-state index in [1.165, 1.54) is 36.4 Å². The normalized spacial score (nSPS) is 14.8. The molecule has 204 valence electrons. The van der Waals surface area contributed by atoms with Crippen molar-refractivity contribution in [3.8, 4) is 17.2 Å². The summed E-state index contributed by atoms with van der Waals surface area (Å²) in [5.74, 6) is -1.56. The Balaban J connectivity index is 1.59. The van der Waals surface area contributed by atoms with Crippen molar-refractivity contribution >= 4 is 37.7 Å². The fraction of sp³-hybridized carbons (Fsp3) is 0.143. The van der Waals surface area contributed by atoms with Gasteiger partial charge in [0.2, 0.25) is 0 Å². The number of halogens is 9. The second-order valence-electron chi connectivity index (χ2n) is 7.75. The summed E-state index contributed by atoms with van der Waals surface area (Å²) in [5.41, 5.74) is 0.616. The van der Waals surface area contributed by atoms with E-state index < -0.39 is 57.7 Å². The highest BCUT2D eigenvalue weighted by molar-refractivity contribution is 6.87. The molecule has 18 heteroatoms. The molecule has 1 aliphatic heterocycles. The van der Waals surface area contributed by atoms with E-state index in [-0.39, 0.29) is 16.4 Å². The highest BCUT2D eigenvalue weighted by Gasteiger charge is 2.44. The van der Waals surface area contributed by atoms with Gasteiger partial charge in [0.25, 0.3) is 0 Å². The van der Waals surface area contributed by atoms with Gasteiger partial charge in [-0.3, -0.25) is 0 Å². The molecule has 39 heavy (non-hydrogen) atoms. The number of alkyl halides is 9. The SMILES string of the molecule is FC(F)(F)Oc1ccc(B2OB(c3ccc(OC(F)(F)F)cc3)OB(c3ccc(OC(F)(F)F)cc3)O2)cc1. The van der Waals surface area contributed by atoms with Crippen LogP contribution in [0.1, 0.15) is 0 Å². The van der Waals surface area contributed by atoms with E-state index in [1.54, 1.807) is 0 Å². The zero-order valence-corrected chi connectivity index (χ0v) is 19.0. The summed E-state index contributed by atoms with van der Waals surface area (Å²) in [7, 11) is -3.86. The van der Waals surface area contributed by atoms with Crippen LogP contribution in [0.5, 0.6) is 17.2 Å². The Morgan fingerprint density at radius 1 is 0.385 bits per heavy atom. The molecule has 6 nitrogen and oxygen atoms in total. The summed E-state index contributed by atoms with van der Waals surface area (Å²) in [6.07, 6.45) is -14.8. The van der Waals surface area contributed by atoms with Crippen LogP contribution in [0.2, 0.25) is 0 Å². The molecule has 0 aliphatic carbocycles. The van der Waals surface area contributed by atoms with Crippen molar-refractivity contribution in [1.82, 2.24) is 0 Å². The fourth-order valence-corrected chi connectivity index (χ4v) is 3.38. The maximum Gasteiger partial charge on any atom is 0.573 e. The van der Waals surface area contributed by atoms with Gasteiger partial charge in [0, 0.05) is 0 Å². The molecular formula is C21H12B3F9O6. The van der Waals surface area contributed by atoms with E-state index >= 15 is 0 Å². The minimum Gasteiger partial charge on any atom is -0.445 e. The number of hydrogen-bond acceptors (Lipinski definition) is 6. The van der Waals surface area contributed by atoms with Gasteiger partial charge in [-0.1, -0.05) is 36.4 Å². The predicted octanol–water partition coefficient (Wildman–Crippen LogP) is 3.93. The maximum atomic E-state index is 12.5. The summed E-state index contributed by atoms with van der Waals surface area (Å²) >= 11 is 0. The van der Waals surface area contributed by atoms with E-state index in [0.29, 0.717) is 0 Å². The summed E-state index contributed by atoms with van der Waals surface area (Å²) in [5, 5.41) is 0. The third kappa shape index (κ3) is 8.50. The van der Waals surface area contributed by atoms with Gasteiger partial charge in [-0.05, 0) is 52.8 Å². The first-order valence-corrected chi connectivity index (χ1v) is 10.7. The summed E-state index contributed by atoms with van der Waals surface area (Å²) < 4.78 is 141. The summed E-state index contributed by atoms with van der Waals surface area (Å²) in [6.45, 7) is 0. The smallest absolute Gasteiger partial charge is 0.445 e. The van der Waals surface area contributed by atoms with Crippen molar-refractivity contribution in [2.24, 2.45) is 0 Å². The van der Waals surface area contributed by atoms with Gasteiger partial charge in [0.1, 0.15) is 17.2 Å². The topological polar surface area (TPSA) is 55.4 Å². The van der Waals surface area contributed by atoms with Gasteiger partial charge < -0.3 is 27.9 Å². The van der Waals surface area contributed by atoms with Crippen molar-refractivity contribution in [1.29, 1.82) is 0 Å². The van der Waals surface area contributed by atoms with Crippen molar-refractivity contribution < 1.29 is 67.4 Å². The quantitative estimate of drug-likeness (QED) is 0.335. The van der Waals surface area contributed by atoms with Gasteiger partial charge >= 0.3 is 40.4 Å². The molecule has 0 bridgehead atoms. The number of benzene rings is 3. The highest BCUT2D eigenvalue weighted by Crippen LogP contribution is 2.24. The van der Waals surface area contributed by atoms with Crippen LogP contribution in [0.25, 0.3) is 0 Å². The van der Waals surface area contributed by atoms with Crippen molar-refractivity contribution in [2.75, 3.05) is 0 Å². The lowest BCUT2D eigenvalue weighted by molar-refractivity contribution is -0.275. The second kappa shape index (κ2) is 10.9. The third-order valence-corrected chi connectivity index (χ3v) is 4.90. The fourth-order valence-electron chi connectivity index (χ4n) is 3.38. The maximum absolute atomic E-state index is 12.5. The molecule has 0 N–H and O–H groups in total. The van der Waals surface area contributed by atoms with Crippen LogP contribution < -0.4 is 30.6 Å². The molecule has 0 spiro atoms. The lowest BCUT2D eigenvalue weighted by Gasteiger charge is -2.31. The van der Waals surface area contributed by atoms with Crippen LogP contribution >= 0.6 is 0 Å². The van der Waals surface area contributed by atoms with Crippen LogP contribution in [-0.2, 0) is 13.7 Å². The first-order valence-electron chi connectivity index (χ1n) is 10.7. The van der Waals surface area contributed by atoms with E-state index in [4.69, 9.17) is 13.7 Å². The first kappa shape index (κ1) is 28.5. The van der Waals surface area contributed by atoms with E-state index in [0.717, 1.165) is 36.4 Å². The summed E-state index contributed by atoms with van der Waals surface area (Å²) in [6, 6.07) is 13.3. The Hall–Kier alpha value is -3.50. The third-order valence-electron chi connectivity index (χ3n) is 4.90. The zero-order chi connectivity index (χ0) is 28.4.